The van der Waals surface area contributed by atoms with Crippen LogP contribution in [0, 0.1) is 0 Å². The minimum Gasteiger partial charge on any atom is -0.486 e. The number of fused-ring (bicyclic) bond motifs is 1. The van der Waals surface area contributed by atoms with Crippen LogP contribution in [0.5, 0.6) is 11.5 Å². The van der Waals surface area contributed by atoms with E-state index in [-0.39, 0.29) is 12.0 Å². The van der Waals surface area contributed by atoms with Gasteiger partial charge in [0.05, 0.1) is 13.2 Å². The number of para-hydroxylation sites is 2. The van der Waals surface area contributed by atoms with Crippen molar-refractivity contribution >= 4 is 10.0 Å². The van der Waals surface area contributed by atoms with E-state index in [9.17, 15) is 8.42 Å². The van der Waals surface area contributed by atoms with Crippen LogP contribution < -0.4 is 9.47 Å². The lowest BCUT2D eigenvalue weighted by molar-refractivity contribution is 0.0617. The second-order valence-corrected chi connectivity index (χ2v) is 6.41. The van der Waals surface area contributed by atoms with Gasteiger partial charge in [-0.05, 0) is 12.1 Å². The van der Waals surface area contributed by atoms with Crippen molar-refractivity contribution in [1.29, 1.82) is 0 Å². The van der Waals surface area contributed by atoms with E-state index in [4.69, 9.17) is 14.2 Å². The highest BCUT2D eigenvalue weighted by Crippen LogP contribution is 2.31. The smallest absolute Gasteiger partial charge is 0.238 e. The monoisotopic (exact) mass is 285 g/mol. The Hall–Kier alpha value is -1.31. The van der Waals surface area contributed by atoms with Crippen LogP contribution >= 0.6 is 0 Å². The lowest BCUT2D eigenvalue weighted by atomic mass is 10.2. The number of ether oxygens (including phenoxy) is 3. The molecule has 0 aliphatic carbocycles. The van der Waals surface area contributed by atoms with E-state index in [0.717, 1.165) is 0 Å². The van der Waals surface area contributed by atoms with Crippen molar-refractivity contribution in [3.05, 3.63) is 24.3 Å². The lowest BCUT2D eigenvalue weighted by Gasteiger charge is -2.32. The molecule has 0 amide bonds. The van der Waals surface area contributed by atoms with Gasteiger partial charge in [0.1, 0.15) is 12.7 Å². The summed E-state index contributed by atoms with van der Waals surface area (Å²) in [6.45, 7) is 1.43. The highest BCUT2D eigenvalue weighted by atomic mass is 32.2. The summed E-state index contributed by atoms with van der Waals surface area (Å²) < 4.78 is 41.3. The molecule has 2 aliphatic heterocycles. The Morgan fingerprint density at radius 1 is 1.26 bits per heavy atom. The Bertz CT molecular complexity index is 559. The largest absolute Gasteiger partial charge is 0.486 e. The van der Waals surface area contributed by atoms with E-state index in [1.54, 1.807) is 0 Å². The second-order valence-electron chi connectivity index (χ2n) is 4.49. The van der Waals surface area contributed by atoms with Crippen molar-refractivity contribution in [2.75, 3.05) is 32.2 Å². The molecular formula is C12H15NO5S. The molecule has 7 heteroatoms. The Kier molecular flexibility index (Phi) is 3.34. The minimum atomic E-state index is -3.32. The quantitative estimate of drug-likeness (QED) is 0.789. The molecule has 0 N–H and O–H groups in total. The van der Waals surface area contributed by atoms with Crippen molar-refractivity contribution < 1.29 is 22.6 Å². The van der Waals surface area contributed by atoms with E-state index < -0.39 is 10.0 Å². The van der Waals surface area contributed by atoms with Crippen LogP contribution in [0.2, 0.25) is 0 Å². The first kappa shape index (κ1) is 12.7. The summed E-state index contributed by atoms with van der Waals surface area (Å²) in [4.78, 5) is 0. The molecule has 2 aliphatic rings. The van der Waals surface area contributed by atoms with Crippen molar-refractivity contribution in [3.8, 4) is 11.5 Å². The van der Waals surface area contributed by atoms with Gasteiger partial charge in [-0.25, -0.2) is 8.42 Å². The average Bonchev–Trinajstić information content (AvgIpc) is 2.41. The molecule has 1 fully saturated rings. The molecule has 0 saturated carbocycles. The van der Waals surface area contributed by atoms with E-state index >= 15 is 0 Å². The summed E-state index contributed by atoms with van der Waals surface area (Å²) in [6, 6.07) is 7.37. The van der Waals surface area contributed by atoms with Gasteiger partial charge < -0.3 is 14.2 Å². The maximum atomic E-state index is 11.8. The molecule has 3 rings (SSSR count). The molecule has 19 heavy (non-hydrogen) atoms. The third kappa shape index (κ3) is 2.68. The predicted octanol–water partition coefficient (Wildman–Crippen LogP) is 0.446. The summed E-state index contributed by atoms with van der Waals surface area (Å²) in [6.07, 6.45) is -0.289. The van der Waals surface area contributed by atoms with E-state index in [1.165, 1.54) is 4.31 Å². The normalized spacial score (nSPS) is 26.0. The first-order chi connectivity index (χ1) is 9.15. The predicted molar refractivity (Wildman–Crippen MR) is 67.7 cm³/mol. The van der Waals surface area contributed by atoms with Gasteiger partial charge in [0.15, 0.2) is 17.4 Å². The number of hydrogen-bond acceptors (Lipinski definition) is 5. The van der Waals surface area contributed by atoms with Crippen LogP contribution in [0.15, 0.2) is 24.3 Å². The van der Waals surface area contributed by atoms with Gasteiger partial charge in [-0.2, -0.15) is 4.31 Å². The van der Waals surface area contributed by atoms with Crippen LogP contribution in [0.1, 0.15) is 0 Å². The molecule has 1 unspecified atom stereocenters. The molecule has 0 radical (unpaired) electrons. The van der Waals surface area contributed by atoms with Crippen LogP contribution in [0.25, 0.3) is 0 Å². The SMILES string of the molecule is O=S1(=O)COCCN1CC1COc2ccccc2O1. The number of rotatable bonds is 2. The molecule has 6 nitrogen and oxygen atoms in total. The maximum absolute atomic E-state index is 11.8. The zero-order chi connectivity index (χ0) is 13.3. The van der Waals surface area contributed by atoms with Gasteiger partial charge in [0.25, 0.3) is 0 Å². The number of benzene rings is 1. The zero-order valence-corrected chi connectivity index (χ0v) is 11.1. The zero-order valence-electron chi connectivity index (χ0n) is 10.3. The van der Waals surface area contributed by atoms with Crippen LogP contribution in [0.3, 0.4) is 0 Å². The van der Waals surface area contributed by atoms with Gasteiger partial charge in [-0.3, -0.25) is 0 Å². The van der Waals surface area contributed by atoms with Gasteiger partial charge in [-0.1, -0.05) is 12.1 Å². The van der Waals surface area contributed by atoms with Gasteiger partial charge in [-0.15, -0.1) is 0 Å². The van der Waals surface area contributed by atoms with Crippen molar-refractivity contribution in [2.45, 2.75) is 6.10 Å². The molecule has 1 saturated heterocycles. The topological polar surface area (TPSA) is 65.1 Å². The third-order valence-corrected chi connectivity index (χ3v) is 4.67. The van der Waals surface area contributed by atoms with E-state index in [2.05, 4.69) is 0 Å². The molecule has 1 aromatic rings. The summed E-state index contributed by atoms with van der Waals surface area (Å²) in [7, 11) is -3.32. The number of sulfonamides is 1. The fourth-order valence-corrected chi connectivity index (χ4v) is 3.35. The van der Waals surface area contributed by atoms with Crippen LogP contribution in [-0.4, -0.2) is 51.1 Å². The molecular weight excluding hydrogens is 270 g/mol. The van der Waals surface area contributed by atoms with Gasteiger partial charge >= 0.3 is 0 Å². The molecule has 2 heterocycles. The Balaban J connectivity index is 1.69. The summed E-state index contributed by atoms with van der Waals surface area (Å²) in [5, 5.41) is 0. The Labute approximate surface area is 111 Å². The van der Waals surface area contributed by atoms with Crippen molar-refractivity contribution in [3.63, 3.8) is 0 Å². The van der Waals surface area contributed by atoms with Crippen LogP contribution in [0.4, 0.5) is 0 Å². The minimum absolute atomic E-state index is 0.253. The molecule has 0 bridgehead atoms. The van der Waals surface area contributed by atoms with Crippen molar-refractivity contribution in [1.82, 2.24) is 4.31 Å². The van der Waals surface area contributed by atoms with Crippen molar-refractivity contribution in [2.24, 2.45) is 0 Å². The van der Waals surface area contributed by atoms with Gasteiger partial charge in [0, 0.05) is 6.54 Å². The van der Waals surface area contributed by atoms with Gasteiger partial charge in [0.2, 0.25) is 10.0 Å². The second kappa shape index (κ2) is 4.99. The fraction of sp³-hybridized carbons (Fsp3) is 0.500. The van der Waals surface area contributed by atoms with E-state index in [1.807, 2.05) is 24.3 Å². The summed E-state index contributed by atoms with van der Waals surface area (Å²) >= 11 is 0. The number of nitrogens with zero attached hydrogens (tertiary/aromatic N) is 1. The molecule has 0 spiro atoms. The van der Waals surface area contributed by atoms with Crippen LogP contribution in [-0.2, 0) is 14.8 Å². The molecule has 104 valence electrons. The molecule has 0 aromatic heterocycles. The average molecular weight is 285 g/mol. The summed E-state index contributed by atoms with van der Waals surface area (Å²) in [5.41, 5.74) is 0. The standard InChI is InChI=1S/C12H15NO5S/c14-19(15)9-16-6-5-13(19)7-10-8-17-11-3-1-2-4-12(11)18-10/h1-4,10H,5-9H2. The summed E-state index contributed by atoms with van der Waals surface area (Å²) in [5.74, 6) is 1.10. The number of hydrogen-bond donors (Lipinski definition) is 0. The lowest BCUT2D eigenvalue weighted by Crippen LogP contribution is -2.48. The highest BCUT2D eigenvalue weighted by Gasteiger charge is 2.31. The highest BCUT2D eigenvalue weighted by molar-refractivity contribution is 7.88. The first-order valence-electron chi connectivity index (χ1n) is 6.09. The maximum Gasteiger partial charge on any atom is 0.238 e. The molecule has 1 atom stereocenters. The van der Waals surface area contributed by atoms with E-state index in [0.29, 0.717) is 37.8 Å². The first-order valence-corrected chi connectivity index (χ1v) is 7.70. The Morgan fingerprint density at radius 3 is 2.84 bits per heavy atom. The Morgan fingerprint density at radius 2 is 2.05 bits per heavy atom. The third-order valence-electron chi connectivity index (χ3n) is 3.09. The molecule has 1 aromatic carbocycles. The fourth-order valence-electron chi connectivity index (χ4n) is 2.13.